The molecule has 1 N–H and O–H groups in total. The number of likely N-dealkylation sites (N-methyl/N-ethyl adjacent to an activating group) is 1. The minimum absolute atomic E-state index is 0.192. The van der Waals surface area contributed by atoms with Crippen LogP contribution in [0.3, 0.4) is 0 Å². The van der Waals surface area contributed by atoms with Crippen molar-refractivity contribution < 1.29 is 18.8 Å². The fraction of sp³-hybridized carbons (Fsp3) is 0.240. The minimum Gasteiger partial charge on any atom is -0.337 e. The summed E-state index contributed by atoms with van der Waals surface area (Å²) in [6, 6.07) is 18.6. The molecule has 1 aliphatic heterocycles. The molecule has 1 saturated heterocycles. The summed E-state index contributed by atoms with van der Waals surface area (Å²) in [5.41, 5.74) is 0.0340. The highest BCUT2D eigenvalue weighted by Gasteiger charge is 2.50. The van der Waals surface area contributed by atoms with Crippen molar-refractivity contribution in [3.63, 3.8) is 0 Å². The lowest BCUT2D eigenvalue weighted by atomic mass is 9.88. The molecule has 0 spiro atoms. The molecule has 0 saturated carbocycles. The molecule has 164 valence electrons. The third-order valence-electron chi connectivity index (χ3n) is 5.89. The van der Waals surface area contributed by atoms with Gasteiger partial charge in [0, 0.05) is 13.1 Å². The van der Waals surface area contributed by atoms with Gasteiger partial charge in [0.25, 0.3) is 5.91 Å². The number of carbonyl (C=O) groups is 3. The predicted molar refractivity (Wildman–Crippen MR) is 119 cm³/mol. The van der Waals surface area contributed by atoms with E-state index >= 15 is 0 Å². The normalized spacial score (nSPS) is 18.2. The molecule has 1 heterocycles. The van der Waals surface area contributed by atoms with E-state index in [4.69, 9.17) is 0 Å². The number of hydrogen-bond acceptors (Lipinski definition) is 3. The van der Waals surface area contributed by atoms with Gasteiger partial charge in [-0.15, -0.1) is 0 Å². The third-order valence-corrected chi connectivity index (χ3v) is 5.89. The van der Waals surface area contributed by atoms with Crippen LogP contribution >= 0.6 is 0 Å². The van der Waals surface area contributed by atoms with Crippen LogP contribution in [0.1, 0.15) is 25.0 Å². The topological polar surface area (TPSA) is 69.7 Å². The van der Waals surface area contributed by atoms with Crippen LogP contribution in [0.5, 0.6) is 0 Å². The van der Waals surface area contributed by atoms with Crippen LogP contribution in [0.4, 0.5) is 9.18 Å². The molecule has 1 aliphatic rings. The molecule has 1 unspecified atom stereocenters. The van der Waals surface area contributed by atoms with Crippen LogP contribution in [-0.2, 0) is 21.7 Å². The number of carbonyl (C=O) groups excluding carboxylic acids is 3. The van der Waals surface area contributed by atoms with Crippen LogP contribution in [0.15, 0.2) is 66.7 Å². The summed E-state index contributed by atoms with van der Waals surface area (Å²) in [6.45, 7) is 3.62. The summed E-state index contributed by atoms with van der Waals surface area (Å²) in [7, 11) is 0. The third kappa shape index (κ3) is 3.82. The molecule has 4 rings (SSSR count). The monoisotopic (exact) mass is 433 g/mol. The number of fused-ring (bicyclic) bond motifs is 1. The van der Waals surface area contributed by atoms with Crippen LogP contribution < -0.4 is 5.32 Å². The number of amides is 4. The number of nitrogens with one attached hydrogen (secondary N) is 1. The number of nitrogens with zero attached hydrogens (tertiary/aromatic N) is 2. The van der Waals surface area contributed by atoms with Gasteiger partial charge < -0.3 is 10.2 Å². The fourth-order valence-electron chi connectivity index (χ4n) is 4.15. The molecular weight excluding hydrogens is 409 g/mol. The lowest BCUT2D eigenvalue weighted by Crippen LogP contribution is -2.44. The van der Waals surface area contributed by atoms with Gasteiger partial charge in [-0.05, 0) is 47.9 Å². The Morgan fingerprint density at radius 1 is 1.06 bits per heavy atom. The highest BCUT2D eigenvalue weighted by atomic mass is 19.1. The summed E-state index contributed by atoms with van der Waals surface area (Å²) in [5.74, 6) is -1.25. The highest BCUT2D eigenvalue weighted by molar-refractivity contribution is 6.10. The first-order chi connectivity index (χ1) is 15.3. The van der Waals surface area contributed by atoms with Crippen LogP contribution in [0.2, 0.25) is 0 Å². The molecule has 4 amide bonds. The van der Waals surface area contributed by atoms with E-state index in [0.717, 1.165) is 15.7 Å². The predicted octanol–water partition coefficient (Wildman–Crippen LogP) is 3.79. The molecule has 0 radical (unpaired) electrons. The average Bonchev–Trinajstić information content (AvgIpc) is 3.00. The Hall–Kier alpha value is -3.74. The standard InChI is InChI=1S/C25H24FN3O3/c1-3-28(15-17-8-6-11-19(26)14-17)22(30)16-29-23(31)25(2,27-24(29)32)21-13-7-10-18-9-4-5-12-20(18)21/h4-14H,3,15-16H2,1-2H3,(H,27,32). The average molecular weight is 433 g/mol. The second-order valence-corrected chi connectivity index (χ2v) is 8.01. The van der Waals surface area contributed by atoms with Crippen molar-refractivity contribution in [2.45, 2.75) is 25.9 Å². The van der Waals surface area contributed by atoms with Gasteiger partial charge >= 0.3 is 6.03 Å². The molecule has 6 nitrogen and oxygen atoms in total. The molecule has 0 aliphatic carbocycles. The van der Waals surface area contributed by atoms with Gasteiger partial charge in [0.15, 0.2) is 0 Å². The Morgan fingerprint density at radius 3 is 2.53 bits per heavy atom. The van der Waals surface area contributed by atoms with E-state index < -0.39 is 17.5 Å². The van der Waals surface area contributed by atoms with Crippen molar-refractivity contribution in [1.29, 1.82) is 0 Å². The van der Waals surface area contributed by atoms with E-state index in [0.29, 0.717) is 17.7 Å². The second kappa shape index (κ2) is 8.42. The highest BCUT2D eigenvalue weighted by Crippen LogP contribution is 2.33. The number of benzene rings is 3. The fourth-order valence-corrected chi connectivity index (χ4v) is 4.15. The van der Waals surface area contributed by atoms with E-state index in [1.807, 2.05) is 42.5 Å². The first-order valence-electron chi connectivity index (χ1n) is 10.5. The molecule has 3 aromatic rings. The van der Waals surface area contributed by atoms with Gasteiger partial charge in [-0.1, -0.05) is 54.6 Å². The number of halogens is 1. The van der Waals surface area contributed by atoms with Gasteiger partial charge in [0.2, 0.25) is 5.91 Å². The first kappa shape index (κ1) is 21.5. The zero-order chi connectivity index (χ0) is 22.9. The van der Waals surface area contributed by atoms with Gasteiger partial charge in [0.1, 0.15) is 17.9 Å². The molecule has 1 fully saturated rings. The SMILES string of the molecule is CCN(Cc1cccc(F)c1)C(=O)CN1C(=O)NC(C)(c2cccc3ccccc23)C1=O. The maximum absolute atomic E-state index is 13.5. The van der Waals surface area contributed by atoms with Gasteiger partial charge in [0.05, 0.1) is 0 Å². The minimum atomic E-state index is -1.28. The van der Waals surface area contributed by atoms with Crippen LogP contribution in [0, 0.1) is 5.82 Å². The van der Waals surface area contributed by atoms with Crippen molar-refractivity contribution in [3.8, 4) is 0 Å². The maximum Gasteiger partial charge on any atom is 0.325 e. The summed E-state index contributed by atoms with van der Waals surface area (Å²) in [4.78, 5) is 41.5. The molecule has 3 aromatic carbocycles. The largest absolute Gasteiger partial charge is 0.337 e. The summed E-state index contributed by atoms with van der Waals surface area (Å²) >= 11 is 0. The zero-order valence-electron chi connectivity index (χ0n) is 18.0. The summed E-state index contributed by atoms with van der Waals surface area (Å²) in [6.07, 6.45) is 0. The number of rotatable bonds is 6. The summed E-state index contributed by atoms with van der Waals surface area (Å²) in [5, 5.41) is 4.59. The smallest absolute Gasteiger partial charge is 0.325 e. The Bertz CT molecular complexity index is 1210. The summed E-state index contributed by atoms with van der Waals surface area (Å²) < 4.78 is 13.5. The maximum atomic E-state index is 13.5. The van der Waals surface area contributed by atoms with Crippen molar-refractivity contribution in [3.05, 3.63) is 83.7 Å². The number of imide groups is 1. The lowest BCUT2D eigenvalue weighted by Gasteiger charge is -2.25. The van der Waals surface area contributed by atoms with Crippen molar-refractivity contribution in [2.75, 3.05) is 13.1 Å². The Labute approximate surface area is 185 Å². The van der Waals surface area contributed by atoms with Gasteiger partial charge in [-0.25, -0.2) is 9.18 Å². The first-order valence-corrected chi connectivity index (χ1v) is 10.5. The second-order valence-electron chi connectivity index (χ2n) is 8.01. The molecule has 0 aromatic heterocycles. The Balaban J connectivity index is 1.56. The van der Waals surface area contributed by atoms with E-state index in [1.165, 1.54) is 17.0 Å². The van der Waals surface area contributed by atoms with E-state index in [-0.39, 0.29) is 24.8 Å². The Morgan fingerprint density at radius 2 is 1.78 bits per heavy atom. The lowest BCUT2D eigenvalue weighted by molar-refractivity contribution is -0.139. The van der Waals surface area contributed by atoms with Gasteiger partial charge in [-0.2, -0.15) is 0 Å². The zero-order valence-corrected chi connectivity index (χ0v) is 18.0. The van der Waals surface area contributed by atoms with Crippen molar-refractivity contribution >= 4 is 28.6 Å². The van der Waals surface area contributed by atoms with Gasteiger partial charge in [-0.3, -0.25) is 14.5 Å². The Kier molecular flexibility index (Phi) is 5.65. The molecule has 1 atom stereocenters. The van der Waals surface area contributed by atoms with E-state index in [2.05, 4.69) is 5.32 Å². The molecule has 32 heavy (non-hydrogen) atoms. The van der Waals surface area contributed by atoms with E-state index in [9.17, 15) is 18.8 Å². The van der Waals surface area contributed by atoms with Crippen molar-refractivity contribution in [1.82, 2.24) is 15.1 Å². The quantitative estimate of drug-likeness (QED) is 0.602. The van der Waals surface area contributed by atoms with Crippen LogP contribution in [0.25, 0.3) is 10.8 Å². The molecule has 0 bridgehead atoms. The molecular formula is C25H24FN3O3. The molecule has 7 heteroatoms. The van der Waals surface area contributed by atoms with E-state index in [1.54, 1.807) is 26.0 Å². The van der Waals surface area contributed by atoms with Crippen LogP contribution in [-0.4, -0.2) is 40.7 Å². The number of urea groups is 1. The van der Waals surface area contributed by atoms with Crippen molar-refractivity contribution in [2.24, 2.45) is 0 Å². The number of hydrogen-bond donors (Lipinski definition) is 1.